The number of aliphatic hydroxyl groups is 2. The number of carbonyl (C=O) groups is 1. The van der Waals surface area contributed by atoms with Crippen molar-refractivity contribution < 1.29 is 19.7 Å². The van der Waals surface area contributed by atoms with Gasteiger partial charge in [-0.3, -0.25) is 4.79 Å². The van der Waals surface area contributed by atoms with Gasteiger partial charge in [0.2, 0.25) is 5.91 Å². The Morgan fingerprint density at radius 2 is 1.77 bits per heavy atom. The maximum Gasteiger partial charge on any atom is 0.220 e. The second kappa shape index (κ2) is 9.63. The Morgan fingerprint density at radius 3 is 2.40 bits per heavy atom. The average molecular weight is 412 g/mol. The van der Waals surface area contributed by atoms with Crippen molar-refractivity contribution in [3.05, 3.63) is 64.7 Å². The first-order chi connectivity index (χ1) is 14.3. The highest BCUT2D eigenvalue weighted by Crippen LogP contribution is 2.37. The molecule has 162 valence electrons. The number of amides is 1. The highest BCUT2D eigenvalue weighted by Gasteiger charge is 2.35. The molecule has 0 fully saturated rings. The predicted octanol–water partition coefficient (Wildman–Crippen LogP) is 3.15. The number of aliphatic hydroxyl groups excluding tert-OH is 2. The molecule has 0 radical (unpaired) electrons. The van der Waals surface area contributed by atoms with E-state index in [1.165, 1.54) is 16.7 Å². The van der Waals surface area contributed by atoms with Crippen molar-refractivity contribution in [1.29, 1.82) is 0 Å². The minimum Gasteiger partial charge on any atom is -0.487 e. The van der Waals surface area contributed by atoms with Gasteiger partial charge in [0.15, 0.2) is 0 Å². The molecule has 0 bridgehead atoms. The van der Waals surface area contributed by atoms with Crippen LogP contribution in [0.4, 0.5) is 0 Å². The van der Waals surface area contributed by atoms with Gasteiger partial charge in [-0.1, -0.05) is 50.2 Å². The number of aryl methyl sites for hydroxylation is 1. The molecule has 0 aliphatic carbocycles. The van der Waals surface area contributed by atoms with Crippen LogP contribution in [0.25, 0.3) is 0 Å². The van der Waals surface area contributed by atoms with Gasteiger partial charge >= 0.3 is 0 Å². The highest BCUT2D eigenvalue weighted by atomic mass is 16.5. The van der Waals surface area contributed by atoms with Crippen LogP contribution in [0.1, 0.15) is 55.4 Å². The molecule has 0 spiro atoms. The highest BCUT2D eigenvalue weighted by molar-refractivity contribution is 5.76. The number of nitrogens with one attached hydrogen (secondary N) is 1. The van der Waals surface area contributed by atoms with Crippen molar-refractivity contribution >= 4 is 5.91 Å². The molecule has 0 saturated carbocycles. The van der Waals surface area contributed by atoms with Crippen molar-refractivity contribution in [3.63, 3.8) is 0 Å². The number of ether oxygens (including phenoxy) is 1. The molecule has 1 atom stereocenters. The van der Waals surface area contributed by atoms with Gasteiger partial charge in [-0.25, -0.2) is 0 Å². The summed E-state index contributed by atoms with van der Waals surface area (Å²) in [5, 5.41) is 20.8. The second-order valence-corrected chi connectivity index (χ2v) is 8.87. The van der Waals surface area contributed by atoms with Crippen LogP contribution < -0.4 is 10.1 Å². The SMILES string of the molecule is CC(C)c1ccc(CC2(C)Cc3cc(CCC(=O)NC(CO)CO)ccc3O2)cc1. The van der Waals surface area contributed by atoms with Gasteiger partial charge in [-0.2, -0.15) is 0 Å². The van der Waals surface area contributed by atoms with Crippen LogP contribution in [-0.2, 0) is 24.1 Å². The zero-order chi connectivity index (χ0) is 21.7. The van der Waals surface area contributed by atoms with E-state index in [2.05, 4.69) is 56.4 Å². The van der Waals surface area contributed by atoms with Crippen LogP contribution in [0.15, 0.2) is 42.5 Å². The van der Waals surface area contributed by atoms with Crippen molar-refractivity contribution in [3.8, 4) is 5.75 Å². The second-order valence-electron chi connectivity index (χ2n) is 8.87. The molecule has 0 saturated heterocycles. The molecular formula is C25H33NO4. The first-order valence-electron chi connectivity index (χ1n) is 10.7. The first-order valence-corrected chi connectivity index (χ1v) is 10.7. The molecule has 2 aromatic rings. The van der Waals surface area contributed by atoms with E-state index in [9.17, 15) is 4.79 Å². The normalized spacial score (nSPS) is 17.8. The van der Waals surface area contributed by atoms with Crippen LogP contribution in [0, 0.1) is 0 Å². The summed E-state index contributed by atoms with van der Waals surface area (Å²) in [7, 11) is 0. The lowest BCUT2D eigenvalue weighted by Crippen LogP contribution is -2.40. The zero-order valence-electron chi connectivity index (χ0n) is 18.1. The van der Waals surface area contributed by atoms with Crippen molar-refractivity contribution in [2.45, 2.75) is 64.0 Å². The lowest BCUT2D eigenvalue weighted by atomic mass is 9.90. The molecule has 1 aliphatic heterocycles. The molecular weight excluding hydrogens is 378 g/mol. The Balaban J connectivity index is 1.59. The third kappa shape index (κ3) is 5.61. The molecule has 2 aromatic carbocycles. The fourth-order valence-electron chi connectivity index (χ4n) is 3.99. The molecule has 1 amide bonds. The van der Waals surface area contributed by atoms with Gasteiger partial charge in [-0.05, 0) is 47.6 Å². The molecule has 3 N–H and O–H groups in total. The Hall–Kier alpha value is -2.37. The first kappa shape index (κ1) is 22.3. The van der Waals surface area contributed by atoms with Crippen molar-refractivity contribution in [2.75, 3.05) is 13.2 Å². The summed E-state index contributed by atoms with van der Waals surface area (Å²) in [5.74, 6) is 1.28. The van der Waals surface area contributed by atoms with Crippen molar-refractivity contribution in [2.24, 2.45) is 0 Å². The van der Waals surface area contributed by atoms with Gasteiger partial charge < -0.3 is 20.3 Å². The van der Waals surface area contributed by atoms with Gasteiger partial charge in [0, 0.05) is 19.3 Å². The zero-order valence-corrected chi connectivity index (χ0v) is 18.1. The Labute approximate surface area is 179 Å². The van der Waals surface area contributed by atoms with Gasteiger partial charge in [-0.15, -0.1) is 0 Å². The maximum absolute atomic E-state index is 12.0. The van der Waals surface area contributed by atoms with E-state index >= 15 is 0 Å². The number of fused-ring (bicyclic) bond motifs is 1. The molecule has 1 unspecified atom stereocenters. The molecule has 5 nitrogen and oxygen atoms in total. The van der Waals surface area contributed by atoms with E-state index in [0.717, 1.165) is 24.2 Å². The summed E-state index contributed by atoms with van der Waals surface area (Å²) in [5.41, 5.74) is 4.61. The third-order valence-electron chi connectivity index (χ3n) is 5.72. The summed E-state index contributed by atoms with van der Waals surface area (Å²) in [6.07, 6.45) is 2.61. The van der Waals surface area contributed by atoms with E-state index in [-0.39, 0.29) is 24.7 Å². The molecule has 3 rings (SSSR count). The van der Waals surface area contributed by atoms with Crippen LogP contribution in [0.2, 0.25) is 0 Å². The predicted molar refractivity (Wildman–Crippen MR) is 118 cm³/mol. The molecule has 1 heterocycles. The molecule has 0 aromatic heterocycles. The van der Waals surface area contributed by atoms with Gasteiger partial charge in [0.05, 0.1) is 19.3 Å². The smallest absolute Gasteiger partial charge is 0.220 e. The summed E-state index contributed by atoms with van der Waals surface area (Å²) >= 11 is 0. The largest absolute Gasteiger partial charge is 0.487 e. The number of rotatable bonds is 9. The molecule has 1 aliphatic rings. The molecule has 5 heteroatoms. The van der Waals surface area contributed by atoms with E-state index in [0.29, 0.717) is 18.8 Å². The van der Waals surface area contributed by atoms with E-state index in [1.807, 2.05) is 12.1 Å². The Morgan fingerprint density at radius 1 is 1.10 bits per heavy atom. The fourth-order valence-corrected chi connectivity index (χ4v) is 3.99. The third-order valence-corrected chi connectivity index (χ3v) is 5.72. The topological polar surface area (TPSA) is 78.8 Å². The lowest BCUT2D eigenvalue weighted by Gasteiger charge is -2.24. The summed E-state index contributed by atoms with van der Waals surface area (Å²) < 4.78 is 6.30. The van der Waals surface area contributed by atoms with E-state index < -0.39 is 6.04 Å². The standard InChI is InChI=1S/C25H33NO4/c1-17(2)20-8-4-19(5-9-20)13-25(3)14-21-12-18(6-10-23(21)30-25)7-11-24(29)26-22(15-27)16-28/h4-6,8-10,12,17,22,27-28H,7,11,13-16H2,1-3H3,(H,26,29). The Bertz CT molecular complexity index is 858. The van der Waals surface area contributed by atoms with E-state index in [4.69, 9.17) is 14.9 Å². The average Bonchev–Trinajstić information content (AvgIpc) is 3.05. The van der Waals surface area contributed by atoms with Gasteiger partial charge in [0.1, 0.15) is 11.4 Å². The number of hydrogen-bond acceptors (Lipinski definition) is 4. The molecule has 30 heavy (non-hydrogen) atoms. The van der Waals surface area contributed by atoms with E-state index in [1.54, 1.807) is 0 Å². The fraction of sp³-hybridized carbons (Fsp3) is 0.480. The minimum absolute atomic E-state index is 0.172. The van der Waals surface area contributed by atoms with Crippen LogP contribution >= 0.6 is 0 Å². The summed E-state index contributed by atoms with van der Waals surface area (Å²) in [6.45, 7) is 6.02. The quantitative estimate of drug-likeness (QED) is 0.592. The van der Waals surface area contributed by atoms with Crippen LogP contribution in [0.5, 0.6) is 5.75 Å². The summed E-state index contributed by atoms with van der Waals surface area (Å²) in [6, 6.07) is 14.3. The minimum atomic E-state index is -0.596. The van der Waals surface area contributed by atoms with Gasteiger partial charge in [0.25, 0.3) is 0 Å². The van der Waals surface area contributed by atoms with Crippen molar-refractivity contribution in [1.82, 2.24) is 5.32 Å². The lowest BCUT2D eigenvalue weighted by molar-refractivity contribution is -0.122. The number of hydrogen-bond donors (Lipinski definition) is 3. The van der Waals surface area contributed by atoms with Crippen LogP contribution in [-0.4, -0.2) is 41.0 Å². The Kier molecular flexibility index (Phi) is 7.16. The number of carbonyl (C=O) groups excluding carboxylic acids is 1. The summed E-state index contributed by atoms with van der Waals surface area (Å²) in [4.78, 5) is 12.0. The van der Waals surface area contributed by atoms with Crippen LogP contribution in [0.3, 0.4) is 0 Å². The maximum atomic E-state index is 12.0. The number of benzene rings is 2. The monoisotopic (exact) mass is 411 g/mol.